The van der Waals surface area contributed by atoms with E-state index >= 15 is 0 Å². The lowest BCUT2D eigenvalue weighted by Crippen LogP contribution is -2.37. The van der Waals surface area contributed by atoms with Crippen LogP contribution in [0.1, 0.15) is 45.6 Å². The summed E-state index contributed by atoms with van der Waals surface area (Å²) in [5.74, 6) is 0.946. The Morgan fingerprint density at radius 2 is 1.86 bits per heavy atom. The van der Waals surface area contributed by atoms with Crippen molar-refractivity contribution in [3.63, 3.8) is 0 Å². The number of aliphatic hydroxyl groups is 1. The number of hydrogen-bond acceptors (Lipinski definition) is 4. The Kier molecular flexibility index (Phi) is 8.78. The second-order valence-corrected chi connectivity index (χ2v) is 5.73. The van der Waals surface area contributed by atoms with Gasteiger partial charge in [-0.05, 0) is 43.9 Å². The van der Waals surface area contributed by atoms with Crippen LogP contribution in [0.25, 0.3) is 0 Å². The summed E-state index contributed by atoms with van der Waals surface area (Å²) in [6.45, 7) is 6.70. The number of rotatable bonds is 11. The van der Waals surface area contributed by atoms with Crippen LogP contribution in [0.3, 0.4) is 0 Å². The van der Waals surface area contributed by atoms with Gasteiger partial charge in [0.05, 0.1) is 0 Å². The van der Waals surface area contributed by atoms with E-state index in [1.165, 1.54) is 0 Å². The number of hydrogen-bond donors (Lipinski definition) is 2. The fourth-order valence-corrected chi connectivity index (χ4v) is 2.20. The van der Waals surface area contributed by atoms with Gasteiger partial charge in [0.1, 0.15) is 24.2 Å². The maximum atomic E-state index is 11.0. The van der Waals surface area contributed by atoms with E-state index in [1.807, 2.05) is 24.3 Å². The summed E-state index contributed by atoms with van der Waals surface area (Å²) in [6, 6.07) is 8.16. The third-order valence-electron chi connectivity index (χ3n) is 3.76. The Morgan fingerprint density at radius 3 is 2.41 bits per heavy atom. The van der Waals surface area contributed by atoms with E-state index < -0.39 is 6.10 Å². The van der Waals surface area contributed by atoms with E-state index in [-0.39, 0.29) is 12.4 Å². The molecule has 0 aromatic heterocycles. The van der Waals surface area contributed by atoms with Crippen LogP contribution in [0.5, 0.6) is 5.75 Å². The lowest BCUT2D eigenvalue weighted by molar-refractivity contribution is -0.116. The van der Waals surface area contributed by atoms with Gasteiger partial charge in [-0.25, -0.2) is 0 Å². The van der Waals surface area contributed by atoms with Crippen LogP contribution in [0.15, 0.2) is 24.3 Å². The highest BCUT2D eigenvalue weighted by atomic mass is 16.5. The highest BCUT2D eigenvalue weighted by Crippen LogP contribution is 2.13. The number of aliphatic hydroxyl groups excluding tert-OH is 1. The molecule has 0 heterocycles. The van der Waals surface area contributed by atoms with Crippen molar-refractivity contribution in [1.82, 2.24) is 5.32 Å². The molecule has 1 aromatic rings. The summed E-state index contributed by atoms with van der Waals surface area (Å²) in [6.07, 6.45) is 2.94. The summed E-state index contributed by atoms with van der Waals surface area (Å²) < 4.78 is 5.59. The first kappa shape index (κ1) is 18.7. The van der Waals surface area contributed by atoms with Crippen LogP contribution in [0, 0.1) is 0 Å². The summed E-state index contributed by atoms with van der Waals surface area (Å²) >= 11 is 0. The van der Waals surface area contributed by atoms with Gasteiger partial charge in [0, 0.05) is 19.0 Å². The Balaban J connectivity index is 2.30. The molecule has 1 aromatic carbocycles. The Morgan fingerprint density at radius 1 is 1.23 bits per heavy atom. The summed E-state index contributed by atoms with van der Waals surface area (Å²) in [5, 5.41) is 13.3. The molecule has 0 bridgehead atoms. The van der Waals surface area contributed by atoms with Crippen molar-refractivity contribution in [2.45, 2.75) is 58.6 Å². The summed E-state index contributed by atoms with van der Waals surface area (Å²) in [5.41, 5.74) is 1.12. The first-order valence-electron chi connectivity index (χ1n) is 8.17. The lowest BCUT2D eigenvalue weighted by Gasteiger charge is -2.18. The number of benzene rings is 1. The molecule has 0 radical (unpaired) electrons. The topological polar surface area (TPSA) is 58.6 Å². The number of carbonyl (C=O) groups is 1. The molecule has 0 unspecified atom stereocenters. The van der Waals surface area contributed by atoms with Crippen molar-refractivity contribution < 1.29 is 14.6 Å². The van der Waals surface area contributed by atoms with E-state index in [4.69, 9.17) is 4.74 Å². The SMILES string of the molecule is CCC(CC)NC[C@@H](O)COc1ccc(CCC(C)=O)cc1. The van der Waals surface area contributed by atoms with Crippen molar-refractivity contribution in [2.75, 3.05) is 13.2 Å². The molecule has 0 aliphatic heterocycles. The van der Waals surface area contributed by atoms with Gasteiger partial charge < -0.3 is 20.0 Å². The third kappa shape index (κ3) is 7.57. The molecular weight excluding hydrogens is 278 g/mol. The molecule has 0 amide bonds. The number of ether oxygens (including phenoxy) is 1. The highest BCUT2D eigenvalue weighted by molar-refractivity contribution is 5.75. The second kappa shape index (κ2) is 10.4. The molecular formula is C18H29NO3. The van der Waals surface area contributed by atoms with E-state index in [0.717, 1.165) is 30.6 Å². The van der Waals surface area contributed by atoms with Gasteiger partial charge in [-0.1, -0.05) is 26.0 Å². The zero-order valence-electron chi connectivity index (χ0n) is 14.0. The van der Waals surface area contributed by atoms with Crippen LogP contribution in [0.4, 0.5) is 0 Å². The Hall–Kier alpha value is -1.39. The van der Waals surface area contributed by atoms with E-state index in [1.54, 1.807) is 6.92 Å². The lowest BCUT2D eigenvalue weighted by atomic mass is 10.1. The number of aryl methyl sites for hydroxylation is 1. The molecule has 4 heteroatoms. The zero-order chi connectivity index (χ0) is 16.4. The molecule has 4 nitrogen and oxygen atoms in total. The molecule has 124 valence electrons. The molecule has 0 saturated carbocycles. The van der Waals surface area contributed by atoms with Crippen LogP contribution in [-0.4, -0.2) is 36.2 Å². The largest absolute Gasteiger partial charge is 0.491 e. The molecule has 0 aliphatic carbocycles. The molecule has 1 rings (SSSR count). The average Bonchev–Trinajstić information content (AvgIpc) is 2.52. The minimum Gasteiger partial charge on any atom is -0.491 e. The first-order valence-corrected chi connectivity index (χ1v) is 8.17. The average molecular weight is 307 g/mol. The molecule has 22 heavy (non-hydrogen) atoms. The van der Waals surface area contributed by atoms with Gasteiger partial charge in [-0.2, -0.15) is 0 Å². The molecule has 0 saturated heterocycles. The van der Waals surface area contributed by atoms with Crippen LogP contribution in [0.2, 0.25) is 0 Å². The van der Waals surface area contributed by atoms with E-state index in [2.05, 4.69) is 19.2 Å². The predicted octanol–water partition coefficient (Wildman–Crippen LogP) is 2.73. The van der Waals surface area contributed by atoms with Crippen molar-refractivity contribution in [2.24, 2.45) is 0 Å². The van der Waals surface area contributed by atoms with Gasteiger partial charge in [0.15, 0.2) is 0 Å². The molecule has 2 N–H and O–H groups in total. The van der Waals surface area contributed by atoms with Crippen molar-refractivity contribution in [3.05, 3.63) is 29.8 Å². The maximum Gasteiger partial charge on any atom is 0.130 e. The number of carbonyl (C=O) groups excluding carboxylic acids is 1. The minimum absolute atomic E-state index is 0.202. The van der Waals surface area contributed by atoms with Gasteiger partial charge >= 0.3 is 0 Å². The van der Waals surface area contributed by atoms with Crippen LogP contribution >= 0.6 is 0 Å². The van der Waals surface area contributed by atoms with Crippen LogP contribution < -0.4 is 10.1 Å². The summed E-state index contributed by atoms with van der Waals surface area (Å²) in [7, 11) is 0. The van der Waals surface area contributed by atoms with Gasteiger partial charge in [0.25, 0.3) is 0 Å². The Labute approximate surface area is 133 Å². The van der Waals surface area contributed by atoms with Gasteiger partial charge in [-0.15, -0.1) is 0 Å². The molecule has 1 atom stereocenters. The molecule has 0 fully saturated rings. The zero-order valence-corrected chi connectivity index (χ0v) is 14.0. The van der Waals surface area contributed by atoms with Gasteiger partial charge in [-0.3, -0.25) is 0 Å². The summed E-state index contributed by atoms with van der Waals surface area (Å²) in [4.78, 5) is 11.0. The quantitative estimate of drug-likeness (QED) is 0.660. The van der Waals surface area contributed by atoms with Crippen molar-refractivity contribution in [1.29, 1.82) is 0 Å². The highest BCUT2D eigenvalue weighted by Gasteiger charge is 2.08. The Bertz CT molecular complexity index is 426. The fourth-order valence-electron chi connectivity index (χ4n) is 2.20. The van der Waals surface area contributed by atoms with Crippen LogP contribution in [-0.2, 0) is 11.2 Å². The molecule has 0 spiro atoms. The first-order chi connectivity index (χ1) is 10.5. The maximum absolute atomic E-state index is 11.0. The standard InChI is InChI=1S/C18H29NO3/c1-4-16(5-2)19-12-17(21)13-22-18-10-8-15(9-11-18)7-6-14(3)20/h8-11,16-17,19,21H,4-7,12-13H2,1-3H3/t17-/m1/s1. The number of nitrogens with one attached hydrogen (secondary N) is 1. The monoisotopic (exact) mass is 307 g/mol. The van der Waals surface area contributed by atoms with E-state index in [0.29, 0.717) is 19.0 Å². The third-order valence-corrected chi connectivity index (χ3v) is 3.76. The van der Waals surface area contributed by atoms with E-state index in [9.17, 15) is 9.90 Å². The number of ketones is 1. The minimum atomic E-state index is -0.516. The van der Waals surface area contributed by atoms with Gasteiger partial charge in [0.2, 0.25) is 0 Å². The number of Topliss-reactive ketones (excluding diaryl/α,β-unsaturated/α-hetero) is 1. The normalized spacial score (nSPS) is 12.4. The van der Waals surface area contributed by atoms with Crippen molar-refractivity contribution >= 4 is 5.78 Å². The second-order valence-electron chi connectivity index (χ2n) is 5.73. The molecule has 0 aliphatic rings. The van der Waals surface area contributed by atoms with Crippen molar-refractivity contribution in [3.8, 4) is 5.75 Å². The predicted molar refractivity (Wildman–Crippen MR) is 89.3 cm³/mol. The fraction of sp³-hybridized carbons (Fsp3) is 0.611. The smallest absolute Gasteiger partial charge is 0.130 e.